The Bertz CT molecular complexity index is 918. The summed E-state index contributed by atoms with van der Waals surface area (Å²) in [7, 11) is 0. The summed E-state index contributed by atoms with van der Waals surface area (Å²) in [6.07, 6.45) is 1.54. The Morgan fingerprint density at radius 1 is 1.12 bits per heavy atom. The van der Waals surface area contributed by atoms with Crippen LogP contribution in [0.25, 0.3) is 10.8 Å². The lowest BCUT2D eigenvalue weighted by Crippen LogP contribution is -2.18. The van der Waals surface area contributed by atoms with Gasteiger partial charge in [0, 0.05) is 0 Å². The maximum atomic E-state index is 12.4. The highest BCUT2D eigenvalue weighted by Crippen LogP contribution is 2.26. The van der Waals surface area contributed by atoms with Crippen molar-refractivity contribution in [3.05, 3.63) is 71.8 Å². The number of fused-ring (bicyclic) bond motifs is 1. The van der Waals surface area contributed by atoms with Crippen LogP contribution in [0.4, 0.5) is 0 Å². The third kappa shape index (κ3) is 3.77. The first-order valence-electron chi connectivity index (χ1n) is 7.96. The van der Waals surface area contributed by atoms with Crippen LogP contribution in [-0.2, 0) is 0 Å². The summed E-state index contributed by atoms with van der Waals surface area (Å²) in [5.74, 6) is 0.244. The van der Waals surface area contributed by atoms with Gasteiger partial charge in [-0.2, -0.15) is 5.10 Å². The molecule has 0 atom stereocenters. The Morgan fingerprint density at radius 3 is 2.64 bits per heavy atom. The first-order chi connectivity index (χ1) is 12.2. The largest absolute Gasteiger partial charge is 0.507 e. The smallest absolute Gasteiger partial charge is 0.275 e. The quantitative estimate of drug-likeness (QED) is 0.552. The number of phenolic OH excluding ortho intramolecular Hbond substituents is 1. The lowest BCUT2D eigenvalue weighted by atomic mass is 10.0. The zero-order chi connectivity index (χ0) is 17.6. The number of hydrogen-bond donors (Lipinski definition) is 2. The average molecular weight is 334 g/mol. The first kappa shape index (κ1) is 16.5. The number of aromatic hydroxyl groups is 1. The van der Waals surface area contributed by atoms with Gasteiger partial charge in [-0.1, -0.05) is 30.3 Å². The molecule has 0 bridgehead atoms. The number of ether oxygens (including phenoxy) is 1. The molecule has 25 heavy (non-hydrogen) atoms. The highest BCUT2D eigenvalue weighted by Gasteiger charge is 2.14. The van der Waals surface area contributed by atoms with E-state index in [2.05, 4.69) is 10.5 Å². The summed E-state index contributed by atoms with van der Waals surface area (Å²) in [6.45, 7) is 2.53. The van der Waals surface area contributed by atoms with E-state index in [-0.39, 0.29) is 11.3 Å². The van der Waals surface area contributed by atoms with Crippen LogP contribution in [0.5, 0.6) is 11.5 Å². The highest BCUT2D eigenvalue weighted by molar-refractivity contribution is 6.09. The van der Waals surface area contributed by atoms with E-state index in [0.717, 1.165) is 16.7 Å². The second-order valence-corrected chi connectivity index (χ2v) is 5.38. The number of benzene rings is 3. The molecule has 3 aromatic rings. The highest BCUT2D eigenvalue weighted by atomic mass is 16.5. The molecule has 1 amide bonds. The molecule has 126 valence electrons. The molecule has 0 spiro atoms. The second-order valence-electron chi connectivity index (χ2n) is 5.38. The van der Waals surface area contributed by atoms with Crippen molar-refractivity contribution < 1.29 is 14.6 Å². The fourth-order valence-electron chi connectivity index (χ4n) is 2.54. The monoisotopic (exact) mass is 334 g/mol. The van der Waals surface area contributed by atoms with Gasteiger partial charge in [-0.3, -0.25) is 4.79 Å². The molecule has 2 N–H and O–H groups in total. The predicted molar refractivity (Wildman–Crippen MR) is 98.3 cm³/mol. The van der Waals surface area contributed by atoms with E-state index in [1.807, 2.05) is 49.4 Å². The van der Waals surface area contributed by atoms with Gasteiger partial charge in [0.25, 0.3) is 5.91 Å². The maximum Gasteiger partial charge on any atom is 0.275 e. The van der Waals surface area contributed by atoms with E-state index in [1.54, 1.807) is 12.1 Å². The summed E-state index contributed by atoms with van der Waals surface area (Å²) in [5.41, 5.74) is 3.49. The van der Waals surface area contributed by atoms with Gasteiger partial charge in [0.05, 0.1) is 18.4 Å². The van der Waals surface area contributed by atoms with Crippen molar-refractivity contribution in [1.82, 2.24) is 5.43 Å². The molecular weight excluding hydrogens is 316 g/mol. The number of nitrogens with one attached hydrogen (secondary N) is 1. The molecule has 0 fully saturated rings. The van der Waals surface area contributed by atoms with Crippen LogP contribution in [0.1, 0.15) is 22.8 Å². The first-order valence-corrected chi connectivity index (χ1v) is 7.96. The van der Waals surface area contributed by atoms with Gasteiger partial charge in [-0.05, 0) is 53.6 Å². The fraction of sp³-hybridized carbons (Fsp3) is 0.100. The van der Waals surface area contributed by atoms with Gasteiger partial charge in [-0.15, -0.1) is 0 Å². The Hall–Kier alpha value is -3.34. The second kappa shape index (κ2) is 7.49. The van der Waals surface area contributed by atoms with E-state index in [4.69, 9.17) is 4.74 Å². The van der Waals surface area contributed by atoms with Crippen LogP contribution in [0.2, 0.25) is 0 Å². The number of phenols is 1. The lowest BCUT2D eigenvalue weighted by Gasteiger charge is -2.07. The molecule has 0 aromatic heterocycles. The van der Waals surface area contributed by atoms with E-state index >= 15 is 0 Å². The van der Waals surface area contributed by atoms with E-state index in [1.165, 1.54) is 12.3 Å². The van der Waals surface area contributed by atoms with Crippen LogP contribution in [0, 0.1) is 0 Å². The minimum atomic E-state index is -0.462. The molecule has 0 saturated carbocycles. The minimum absolute atomic E-state index is 0.0764. The van der Waals surface area contributed by atoms with Gasteiger partial charge >= 0.3 is 0 Å². The Kier molecular flexibility index (Phi) is 4.95. The molecule has 0 unspecified atom stereocenters. The number of rotatable bonds is 5. The van der Waals surface area contributed by atoms with Gasteiger partial charge in [0.2, 0.25) is 0 Å². The van der Waals surface area contributed by atoms with Crippen LogP contribution in [0.15, 0.2) is 65.8 Å². The summed E-state index contributed by atoms with van der Waals surface area (Å²) in [4.78, 5) is 12.4. The molecule has 0 heterocycles. The Balaban J connectivity index is 1.75. The fourth-order valence-corrected chi connectivity index (χ4v) is 2.54. The molecule has 0 aliphatic rings. The van der Waals surface area contributed by atoms with Crippen molar-refractivity contribution in [3.63, 3.8) is 0 Å². The molecular formula is C20H18N2O3. The van der Waals surface area contributed by atoms with Crippen LogP contribution < -0.4 is 10.2 Å². The summed E-state index contributed by atoms with van der Waals surface area (Å²) in [6, 6.07) is 18.0. The zero-order valence-electron chi connectivity index (χ0n) is 13.8. The summed E-state index contributed by atoms with van der Waals surface area (Å²) in [5, 5.41) is 15.6. The maximum absolute atomic E-state index is 12.4. The molecule has 0 saturated heterocycles. The van der Waals surface area contributed by atoms with Crippen molar-refractivity contribution in [2.75, 3.05) is 6.61 Å². The topological polar surface area (TPSA) is 70.9 Å². The number of carbonyl (C=O) groups excluding carboxylic acids is 1. The van der Waals surface area contributed by atoms with Crippen molar-refractivity contribution in [3.8, 4) is 11.5 Å². The Labute approximate surface area is 145 Å². The summed E-state index contributed by atoms with van der Waals surface area (Å²) >= 11 is 0. The zero-order valence-corrected chi connectivity index (χ0v) is 13.8. The van der Waals surface area contributed by atoms with Gasteiger partial charge in [0.1, 0.15) is 11.5 Å². The van der Waals surface area contributed by atoms with E-state index in [0.29, 0.717) is 12.0 Å². The normalized spacial score (nSPS) is 10.9. The average Bonchev–Trinajstić information content (AvgIpc) is 2.63. The van der Waals surface area contributed by atoms with Crippen molar-refractivity contribution in [1.29, 1.82) is 0 Å². The lowest BCUT2D eigenvalue weighted by molar-refractivity contribution is 0.0954. The van der Waals surface area contributed by atoms with Gasteiger partial charge in [-0.25, -0.2) is 5.43 Å². The number of nitrogens with zero attached hydrogens (tertiary/aromatic N) is 1. The molecule has 5 heteroatoms. The Morgan fingerprint density at radius 2 is 1.88 bits per heavy atom. The van der Waals surface area contributed by atoms with Crippen molar-refractivity contribution >= 4 is 22.9 Å². The molecule has 3 rings (SSSR count). The van der Waals surface area contributed by atoms with Gasteiger partial charge in [0.15, 0.2) is 0 Å². The van der Waals surface area contributed by atoms with Gasteiger partial charge < -0.3 is 9.84 Å². The number of amides is 1. The third-order valence-corrected chi connectivity index (χ3v) is 3.70. The summed E-state index contributed by atoms with van der Waals surface area (Å²) < 4.78 is 5.37. The molecule has 0 aliphatic heterocycles. The van der Waals surface area contributed by atoms with Crippen molar-refractivity contribution in [2.24, 2.45) is 5.10 Å². The van der Waals surface area contributed by atoms with E-state index in [9.17, 15) is 9.90 Å². The number of hydrogen-bond acceptors (Lipinski definition) is 4. The molecule has 0 radical (unpaired) electrons. The van der Waals surface area contributed by atoms with Crippen LogP contribution in [0.3, 0.4) is 0 Å². The molecule has 0 aliphatic carbocycles. The van der Waals surface area contributed by atoms with Crippen LogP contribution >= 0.6 is 0 Å². The predicted octanol–water partition coefficient (Wildman–Crippen LogP) is 3.71. The number of hydrazone groups is 1. The standard InChI is InChI=1S/C20H18N2O3/c1-2-25-16-10-7-14(8-11-16)13-21-22-20(24)19-17-6-4-3-5-15(17)9-12-18(19)23/h3-13,23H,2H2,1H3,(H,22,24)/b21-13+. The van der Waals surface area contributed by atoms with Crippen molar-refractivity contribution in [2.45, 2.75) is 6.92 Å². The SMILES string of the molecule is CCOc1ccc(/C=N/NC(=O)c2c(O)ccc3ccccc23)cc1. The third-order valence-electron chi connectivity index (χ3n) is 3.70. The minimum Gasteiger partial charge on any atom is -0.507 e. The van der Waals surface area contributed by atoms with Crippen LogP contribution in [-0.4, -0.2) is 23.8 Å². The number of carbonyl (C=O) groups is 1. The molecule has 5 nitrogen and oxygen atoms in total. The van der Waals surface area contributed by atoms with E-state index < -0.39 is 5.91 Å². The molecule has 3 aromatic carbocycles.